The molecule has 1 saturated carbocycles. The standard InChI is InChI=1S/C15H24N2O3S/c1-3-20-14-7-6-13(10-12(14)2)21(18,19)17-15(11-16)8-4-5-9-15/h6-7,10,17H,3-5,8-9,11,16H2,1-2H3. The van der Waals surface area contributed by atoms with Gasteiger partial charge >= 0.3 is 0 Å². The average Bonchev–Trinajstić information content (AvgIpc) is 2.89. The molecule has 0 bridgehead atoms. The lowest BCUT2D eigenvalue weighted by atomic mass is 10.0. The van der Waals surface area contributed by atoms with Gasteiger partial charge in [-0.1, -0.05) is 12.8 Å². The van der Waals surface area contributed by atoms with Gasteiger partial charge < -0.3 is 10.5 Å². The third-order valence-corrected chi connectivity index (χ3v) is 5.64. The molecule has 1 fully saturated rings. The lowest BCUT2D eigenvalue weighted by Crippen LogP contribution is -2.51. The molecule has 0 amide bonds. The highest BCUT2D eigenvalue weighted by atomic mass is 32.2. The van der Waals surface area contributed by atoms with Crippen LogP contribution in [0.1, 0.15) is 38.2 Å². The number of rotatable bonds is 6. The maximum atomic E-state index is 12.6. The Morgan fingerprint density at radius 2 is 2.00 bits per heavy atom. The van der Waals surface area contributed by atoms with Crippen molar-refractivity contribution < 1.29 is 13.2 Å². The molecule has 21 heavy (non-hydrogen) atoms. The van der Waals surface area contributed by atoms with E-state index in [1.54, 1.807) is 18.2 Å². The Kier molecular flexibility index (Phi) is 4.91. The number of aryl methyl sites for hydroxylation is 1. The van der Waals surface area contributed by atoms with Crippen LogP contribution in [0.5, 0.6) is 5.75 Å². The van der Waals surface area contributed by atoms with Crippen molar-refractivity contribution in [2.45, 2.75) is 50.0 Å². The second-order valence-corrected chi connectivity index (χ2v) is 7.34. The maximum absolute atomic E-state index is 12.6. The predicted molar refractivity (Wildman–Crippen MR) is 82.9 cm³/mol. The molecule has 5 nitrogen and oxygen atoms in total. The van der Waals surface area contributed by atoms with E-state index in [1.807, 2.05) is 13.8 Å². The summed E-state index contributed by atoms with van der Waals surface area (Å²) in [4.78, 5) is 0.267. The number of hydrogen-bond acceptors (Lipinski definition) is 4. The van der Waals surface area contributed by atoms with Crippen LogP contribution in [0.15, 0.2) is 23.1 Å². The van der Waals surface area contributed by atoms with E-state index < -0.39 is 15.6 Å². The summed E-state index contributed by atoms with van der Waals surface area (Å²) in [5, 5.41) is 0. The molecule has 6 heteroatoms. The van der Waals surface area contributed by atoms with Crippen LogP contribution in [0, 0.1) is 6.92 Å². The van der Waals surface area contributed by atoms with Gasteiger partial charge in [0.05, 0.1) is 11.5 Å². The quantitative estimate of drug-likeness (QED) is 0.841. The number of hydrogen-bond donors (Lipinski definition) is 2. The Labute approximate surface area is 126 Å². The second-order valence-electron chi connectivity index (χ2n) is 5.66. The molecule has 0 saturated heterocycles. The maximum Gasteiger partial charge on any atom is 0.241 e. The molecule has 2 rings (SSSR count). The molecule has 3 N–H and O–H groups in total. The molecule has 0 aromatic heterocycles. The Balaban J connectivity index is 2.25. The Morgan fingerprint density at radius 1 is 1.33 bits per heavy atom. The number of sulfonamides is 1. The molecule has 0 radical (unpaired) electrons. The summed E-state index contributed by atoms with van der Waals surface area (Å²) in [5.74, 6) is 0.714. The smallest absolute Gasteiger partial charge is 0.241 e. The van der Waals surface area contributed by atoms with Crippen LogP contribution < -0.4 is 15.2 Å². The molecule has 0 atom stereocenters. The summed E-state index contributed by atoms with van der Waals surface area (Å²) in [5.41, 5.74) is 6.13. The van der Waals surface area contributed by atoms with Gasteiger partial charge in [-0.3, -0.25) is 0 Å². The van der Waals surface area contributed by atoms with Gasteiger partial charge in [0.1, 0.15) is 5.75 Å². The van der Waals surface area contributed by atoms with Crippen molar-refractivity contribution >= 4 is 10.0 Å². The Morgan fingerprint density at radius 3 is 2.52 bits per heavy atom. The Hall–Kier alpha value is -1.11. The monoisotopic (exact) mass is 312 g/mol. The van der Waals surface area contributed by atoms with Gasteiger partial charge in [-0.05, 0) is 50.5 Å². The fraction of sp³-hybridized carbons (Fsp3) is 0.600. The lowest BCUT2D eigenvalue weighted by Gasteiger charge is -2.28. The minimum Gasteiger partial charge on any atom is -0.494 e. The first-order chi connectivity index (χ1) is 9.92. The van der Waals surface area contributed by atoms with E-state index in [0.717, 1.165) is 31.2 Å². The fourth-order valence-corrected chi connectivity index (χ4v) is 4.40. The summed E-state index contributed by atoms with van der Waals surface area (Å²) >= 11 is 0. The van der Waals surface area contributed by atoms with Crippen LogP contribution in [0.3, 0.4) is 0 Å². The second kappa shape index (κ2) is 6.34. The predicted octanol–water partition coefficient (Wildman–Crippen LogP) is 1.94. The highest BCUT2D eigenvalue weighted by molar-refractivity contribution is 7.89. The van der Waals surface area contributed by atoms with E-state index in [9.17, 15) is 8.42 Å². The highest BCUT2D eigenvalue weighted by Crippen LogP contribution is 2.31. The van der Waals surface area contributed by atoms with E-state index >= 15 is 0 Å². The van der Waals surface area contributed by atoms with Crippen molar-refractivity contribution in [2.75, 3.05) is 13.2 Å². The zero-order chi connectivity index (χ0) is 15.5. The molecule has 0 heterocycles. The molecule has 1 aromatic rings. The van der Waals surface area contributed by atoms with Crippen LogP contribution in [-0.2, 0) is 10.0 Å². The normalized spacial score (nSPS) is 17.9. The topological polar surface area (TPSA) is 81.4 Å². The van der Waals surface area contributed by atoms with Gasteiger partial charge in [0, 0.05) is 12.1 Å². The van der Waals surface area contributed by atoms with Crippen LogP contribution in [0.2, 0.25) is 0 Å². The summed E-state index contributed by atoms with van der Waals surface area (Å²) in [6.45, 7) is 4.64. The van der Waals surface area contributed by atoms with Gasteiger partial charge in [0.15, 0.2) is 0 Å². The first-order valence-electron chi connectivity index (χ1n) is 7.40. The largest absolute Gasteiger partial charge is 0.494 e. The molecular weight excluding hydrogens is 288 g/mol. The van der Waals surface area contributed by atoms with Gasteiger partial charge in [-0.25, -0.2) is 13.1 Å². The van der Waals surface area contributed by atoms with Crippen LogP contribution in [-0.4, -0.2) is 27.1 Å². The van der Waals surface area contributed by atoms with E-state index in [0.29, 0.717) is 18.9 Å². The molecule has 118 valence electrons. The number of benzene rings is 1. The van der Waals surface area contributed by atoms with E-state index in [2.05, 4.69) is 4.72 Å². The van der Waals surface area contributed by atoms with Crippen LogP contribution >= 0.6 is 0 Å². The van der Waals surface area contributed by atoms with Crippen molar-refractivity contribution in [1.29, 1.82) is 0 Å². The Bertz CT molecular complexity index is 593. The molecule has 1 aliphatic carbocycles. The minimum absolute atomic E-state index is 0.267. The number of nitrogens with one attached hydrogen (secondary N) is 1. The van der Waals surface area contributed by atoms with Crippen molar-refractivity contribution in [3.63, 3.8) is 0 Å². The van der Waals surface area contributed by atoms with Crippen molar-refractivity contribution in [3.05, 3.63) is 23.8 Å². The SMILES string of the molecule is CCOc1ccc(S(=O)(=O)NC2(CN)CCCC2)cc1C. The molecule has 1 aliphatic rings. The lowest BCUT2D eigenvalue weighted by molar-refractivity contribution is 0.337. The number of ether oxygens (including phenoxy) is 1. The van der Waals surface area contributed by atoms with Gasteiger partial charge in [-0.2, -0.15) is 0 Å². The highest BCUT2D eigenvalue weighted by Gasteiger charge is 2.36. The summed E-state index contributed by atoms with van der Waals surface area (Å²) in [7, 11) is -3.55. The molecular formula is C15H24N2O3S. The van der Waals surface area contributed by atoms with Gasteiger partial charge in [0.2, 0.25) is 10.0 Å². The zero-order valence-electron chi connectivity index (χ0n) is 12.7. The fourth-order valence-electron chi connectivity index (χ4n) is 2.85. The third-order valence-electron chi connectivity index (χ3n) is 4.06. The molecule has 1 aromatic carbocycles. The number of nitrogens with two attached hydrogens (primary N) is 1. The van der Waals surface area contributed by atoms with Crippen molar-refractivity contribution in [2.24, 2.45) is 5.73 Å². The van der Waals surface area contributed by atoms with Crippen molar-refractivity contribution in [3.8, 4) is 5.75 Å². The molecule has 0 aliphatic heterocycles. The van der Waals surface area contributed by atoms with Gasteiger partial charge in [0.25, 0.3) is 0 Å². The third kappa shape index (κ3) is 3.56. The van der Waals surface area contributed by atoms with E-state index in [4.69, 9.17) is 10.5 Å². The summed E-state index contributed by atoms with van der Waals surface area (Å²) in [6.07, 6.45) is 3.64. The first-order valence-corrected chi connectivity index (χ1v) is 8.88. The van der Waals surface area contributed by atoms with Crippen molar-refractivity contribution in [1.82, 2.24) is 4.72 Å². The molecule has 0 unspecified atom stereocenters. The van der Waals surface area contributed by atoms with Crippen LogP contribution in [0.4, 0.5) is 0 Å². The van der Waals surface area contributed by atoms with E-state index in [1.165, 1.54) is 0 Å². The molecule has 0 spiro atoms. The van der Waals surface area contributed by atoms with Crippen LogP contribution in [0.25, 0.3) is 0 Å². The summed E-state index contributed by atoms with van der Waals surface area (Å²) < 4.78 is 33.4. The summed E-state index contributed by atoms with van der Waals surface area (Å²) in [6, 6.07) is 4.93. The first kappa shape index (κ1) is 16.3. The zero-order valence-corrected chi connectivity index (χ0v) is 13.5. The average molecular weight is 312 g/mol. The minimum atomic E-state index is -3.55. The van der Waals surface area contributed by atoms with E-state index in [-0.39, 0.29) is 4.90 Å². The van der Waals surface area contributed by atoms with Gasteiger partial charge in [-0.15, -0.1) is 0 Å².